The Hall–Kier alpha value is -0.920. The van der Waals surface area contributed by atoms with Crippen LogP contribution in [0, 0.1) is 6.42 Å². The number of carbonyl (C=O) groups is 1. The number of carboxylic acid groups (broad SMARTS) is 1. The number of rotatable bonds is 2. The third-order valence-electron chi connectivity index (χ3n) is 0.553. The van der Waals surface area contributed by atoms with Gasteiger partial charge in [-0.2, -0.15) is 0 Å². The molecule has 0 unspecified atom stereocenters. The van der Waals surface area contributed by atoms with Crippen molar-refractivity contribution in [2.45, 2.75) is 13.8 Å². The molecular weight excluding hydrogens is 104 g/mol. The summed E-state index contributed by atoms with van der Waals surface area (Å²) in [6.45, 7) is 3.64. The molecule has 0 rings (SSSR count). The van der Waals surface area contributed by atoms with Crippen molar-refractivity contribution in [3.05, 3.63) is 18.1 Å². The van der Waals surface area contributed by atoms with E-state index in [1.807, 2.05) is 13.8 Å². The largest absolute Gasteiger partial charge is 0.527 e. The summed E-state index contributed by atoms with van der Waals surface area (Å²) < 4.78 is 0. The van der Waals surface area contributed by atoms with Gasteiger partial charge in [0.05, 0.1) is 12.5 Å². The number of carbonyl (C=O) groups excluding carboxylic acids is 1. The zero-order valence-corrected chi connectivity index (χ0v) is 4.97. The fraction of sp³-hybridized carbons (Fsp3) is 0.333. The van der Waals surface area contributed by atoms with Gasteiger partial charge in [0.25, 0.3) is 0 Å². The van der Waals surface area contributed by atoms with E-state index < -0.39 is 5.97 Å². The maximum Gasteiger partial charge on any atom is 0.156 e. The first-order valence-corrected chi connectivity index (χ1v) is 2.32. The van der Waals surface area contributed by atoms with Crippen LogP contribution in [0.15, 0.2) is 11.6 Å². The highest BCUT2D eigenvalue weighted by atomic mass is 16.4. The molecule has 0 aliphatic carbocycles. The van der Waals surface area contributed by atoms with Crippen LogP contribution in [0.1, 0.15) is 13.8 Å². The molecule has 0 aromatic heterocycles. The number of carboxylic acids is 1. The van der Waals surface area contributed by atoms with E-state index >= 15 is 0 Å². The Morgan fingerprint density at radius 2 is 2.12 bits per heavy atom. The average molecular weight is 112 g/mol. The molecule has 2 nitrogen and oxygen atoms in total. The van der Waals surface area contributed by atoms with Crippen molar-refractivity contribution < 1.29 is 9.90 Å². The van der Waals surface area contributed by atoms with Crippen molar-refractivity contribution in [1.29, 1.82) is 0 Å². The van der Waals surface area contributed by atoms with E-state index in [-0.39, 0.29) is 0 Å². The molecule has 8 heavy (non-hydrogen) atoms. The minimum atomic E-state index is -1.15. The molecule has 0 aromatic rings. The SMILES string of the molecule is CC(C)=C[CH+]C(=O)[O-]. The Morgan fingerprint density at radius 1 is 1.62 bits per heavy atom. The van der Waals surface area contributed by atoms with Crippen LogP contribution >= 0.6 is 0 Å². The van der Waals surface area contributed by atoms with Crippen molar-refractivity contribution in [1.82, 2.24) is 0 Å². The van der Waals surface area contributed by atoms with E-state index in [1.54, 1.807) is 0 Å². The van der Waals surface area contributed by atoms with Crippen LogP contribution in [-0.2, 0) is 4.79 Å². The number of hydrogen-bond donors (Lipinski definition) is 0. The zero-order valence-electron chi connectivity index (χ0n) is 4.97. The van der Waals surface area contributed by atoms with Crippen molar-refractivity contribution in [2.24, 2.45) is 0 Å². The van der Waals surface area contributed by atoms with Crippen molar-refractivity contribution in [3.63, 3.8) is 0 Å². The molecule has 44 valence electrons. The Labute approximate surface area is 48.8 Å². The maximum atomic E-state index is 9.69. The fourth-order valence-corrected chi connectivity index (χ4v) is 0.235. The normalized spacial score (nSPS) is 7.75. The molecule has 2 heteroatoms. The summed E-state index contributed by atoms with van der Waals surface area (Å²) in [5.74, 6) is -1.15. The van der Waals surface area contributed by atoms with Crippen molar-refractivity contribution >= 4 is 5.97 Å². The van der Waals surface area contributed by atoms with Gasteiger partial charge in [-0.25, -0.2) is 0 Å². The summed E-state index contributed by atoms with van der Waals surface area (Å²) in [6, 6.07) is 0. The van der Waals surface area contributed by atoms with Crippen LogP contribution in [0.4, 0.5) is 0 Å². The van der Waals surface area contributed by atoms with Gasteiger partial charge >= 0.3 is 0 Å². The van der Waals surface area contributed by atoms with E-state index in [9.17, 15) is 9.90 Å². The van der Waals surface area contributed by atoms with Gasteiger partial charge in [-0.1, -0.05) is 0 Å². The molecule has 0 amide bonds. The molecule has 0 fully saturated rings. The highest BCUT2D eigenvalue weighted by molar-refractivity contribution is 5.77. The summed E-state index contributed by atoms with van der Waals surface area (Å²) in [5.41, 5.74) is 0.953. The standard InChI is InChI=1S/C6H8O2/c1-5(2)3-4-6(7)8/h3-4H,1-2H3. The molecule has 0 N–H and O–H groups in total. The number of allylic oxidation sites excluding steroid dienone is 1. The molecule has 0 atom stereocenters. The third kappa shape index (κ3) is 5.08. The van der Waals surface area contributed by atoms with Crippen LogP contribution < -0.4 is 5.11 Å². The summed E-state index contributed by atoms with van der Waals surface area (Å²) in [6.07, 6.45) is 2.50. The lowest BCUT2D eigenvalue weighted by atomic mass is 10.3. The second kappa shape index (κ2) is 3.13. The predicted octanol–water partition coefficient (Wildman–Crippen LogP) is -0.0932. The van der Waals surface area contributed by atoms with Crippen LogP contribution in [-0.4, -0.2) is 5.97 Å². The lowest BCUT2D eigenvalue weighted by Crippen LogP contribution is -2.21. The molecule has 0 spiro atoms. The van der Waals surface area contributed by atoms with Gasteiger partial charge in [-0.05, 0) is 0 Å². The Morgan fingerprint density at radius 3 is 2.25 bits per heavy atom. The molecule has 0 aliphatic rings. The lowest BCUT2D eigenvalue weighted by Gasteiger charge is -1.84. The summed E-state index contributed by atoms with van der Waals surface area (Å²) in [4.78, 5) is 9.69. The van der Waals surface area contributed by atoms with Gasteiger partial charge < -0.3 is 9.90 Å². The van der Waals surface area contributed by atoms with Gasteiger partial charge in [0.2, 0.25) is 0 Å². The van der Waals surface area contributed by atoms with E-state index in [0.29, 0.717) is 0 Å². The molecule has 0 heterocycles. The van der Waals surface area contributed by atoms with Gasteiger partial charge in [0.15, 0.2) is 5.97 Å². The highest BCUT2D eigenvalue weighted by Crippen LogP contribution is 1.88. The van der Waals surface area contributed by atoms with E-state index in [1.165, 1.54) is 6.08 Å². The Balaban J connectivity index is 3.45. The average Bonchev–Trinajstić information content (AvgIpc) is 1.61. The van der Waals surface area contributed by atoms with Gasteiger partial charge in [0.1, 0.15) is 0 Å². The van der Waals surface area contributed by atoms with Crippen molar-refractivity contribution in [2.75, 3.05) is 0 Å². The maximum absolute atomic E-state index is 9.69. The first kappa shape index (κ1) is 7.08. The minimum Gasteiger partial charge on any atom is -0.527 e. The first-order chi connectivity index (χ1) is 3.63. The van der Waals surface area contributed by atoms with Crippen molar-refractivity contribution in [3.8, 4) is 0 Å². The second-order valence-electron chi connectivity index (χ2n) is 1.73. The van der Waals surface area contributed by atoms with Gasteiger partial charge in [-0.3, -0.25) is 0 Å². The predicted molar refractivity (Wildman–Crippen MR) is 28.7 cm³/mol. The van der Waals surface area contributed by atoms with Crippen LogP contribution in [0.3, 0.4) is 0 Å². The topological polar surface area (TPSA) is 40.1 Å². The zero-order chi connectivity index (χ0) is 6.57. The monoisotopic (exact) mass is 112 g/mol. The van der Waals surface area contributed by atoms with Gasteiger partial charge in [0, 0.05) is 19.4 Å². The highest BCUT2D eigenvalue weighted by Gasteiger charge is 1.89. The van der Waals surface area contributed by atoms with E-state index in [2.05, 4.69) is 0 Å². The second-order valence-corrected chi connectivity index (χ2v) is 1.73. The minimum absolute atomic E-state index is 0.953. The summed E-state index contributed by atoms with van der Waals surface area (Å²) >= 11 is 0. The van der Waals surface area contributed by atoms with Crippen LogP contribution in [0.5, 0.6) is 0 Å². The molecule has 0 bridgehead atoms. The quantitative estimate of drug-likeness (QED) is 0.468. The molecule has 0 radical (unpaired) electrons. The fourth-order valence-electron chi connectivity index (χ4n) is 0.235. The summed E-state index contributed by atoms with van der Waals surface area (Å²) in [5, 5.41) is 9.69. The van der Waals surface area contributed by atoms with E-state index in [0.717, 1.165) is 12.0 Å². The van der Waals surface area contributed by atoms with Crippen LogP contribution in [0.2, 0.25) is 0 Å². The third-order valence-corrected chi connectivity index (χ3v) is 0.553. The molecule has 0 aromatic carbocycles. The first-order valence-electron chi connectivity index (χ1n) is 2.32. The molecule has 0 saturated heterocycles. The number of aliphatic carboxylic acids is 1. The lowest BCUT2D eigenvalue weighted by molar-refractivity contribution is -0.299. The Kier molecular flexibility index (Phi) is 2.77. The number of hydrogen-bond acceptors (Lipinski definition) is 2. The molecule has 0 saturated carbocycles. The molecular formula is C6H8O2. The Bertz CT molecular complexity index is 110. The molecule has 0 aliphatic heterocycles. The summed E-state index contributed by atoms with van der Waals surface area (Å²) in [7, 11) is 0. The van der Waals surface area contributed by atoms with E-state index in [4.69, 9.17) is 0 Å². The van der Waals surface area contributed by atoms with Gasteiger partial charge in [-0.15, -0.1) is 0 Å². The van der Waals surface area contributed by atoms with Crippen LogP contribution in [0.25, 0.3) is 0 Å². The smallest absolute Gasteiger partial charge is 0.156 e.